The first-order chi connectivity index (χ1) is 9.76. The lowest BCUT2D eigenvalue weighted by molar-refractivity contribution is -0.143. The maximum Gasteiger partial charge on any atom is 0.408 e. The van der Waals surface area contributed by atoms with Gasteiger partial charge in [0.1, 0.15) is 11.0 Å². The molecule has 0 aliphatic carbocycles. The molecule has 0 spiro atoms. The number of nitrogens with one attached hydrogen (secondary N) is 1. The quantitative estimate of drug-likeness (QED) is 0.880. The van der Waals surface area contributed by atoms with E-state index in [1.807, 2.05) is 19.1 Å². The van der Waals surface area contributed by atoms with Crippen molar-refractivity contribution in [3.63, 3.8) is 0 Å². The average molecular weight is 382 g/mol. The number of nitrogens with zero attached hydrogens (tertiary/aromatic N) is 2. The summed E-state index contributed by atoms with van der Waals surface area (Å²) in [6.45, 7) is 1.04. The van der Waals surface area contributed by atoms with Crippen LogP contribution in [0.3, 0.4) is 0 Å². The van der Waals surface area contributed by atoms with Crippen LogP contribution < -0.4 is 10.9 Å². The molecular formula is C12H11BrF3N3OS. The second-order valence-electron chi connectivity index (χ2n) is 4.32. The van der Waals surface area contributed by atoms with Crippen LogP contribution in [-0.4, -0.2) is 16.0 Å². The Bertz CT molecular complexity index is 696. The molecule has 0 radical (unpaired) electrons. The van der Waals surface area contributed by atoms with Gasteiger partial charge in [0.2, 0.25) is 0 Å². The minimum atomic E-state index is -4.49. The van der Waals surface area contributed by atoms with Crippen LogP contribution >= 0.6 is 27.3 Å². The van der Waals surface area contributed by atoms with Gasteiger partial charge in [-0.3, -0.25) is 4.79 Å². The Hall–Kier alpha value is -1.35. The van der Waals surface area contributed by atoms with Crippen LogP contribution in [0.25, 0.3) is 0 Å². The van der Waals surface area contributed by atoms with Crippen LogP contribution in [-0.2, 0) is 13.1 Å². The fraction of sp³-hybridized carbons (Fsp3) is 0.333. The molecule has 0 fully saturated rings. The predicted molar refractivity (Wildman–Crippen MR) is 78.6 cm³/mol. The minimum Gasteiger partial charge on any atom is -0.378 e. The van der Waals surface area contributed by atoms with Gasteiger partial charge in [0.05, 0.1) is 11.9 Å². The third kappa shape index (κ3) is 4.31. The van der Waals surface area contributed by atoms with E-state index in [-0.39, 0.29) is 4.47 Å². The molecular weight excluding hydrogens is 371 g/mol. The fourth-order valence-corrected chi connectivity index (χ4v) is 2.91. The topological polar surface area (TPSA) is 46.9 Å². The molecule has 2 aromatic rings. The van der Waals surface area contributed by atoms with Crippen molar-refractivity contribution in [3.8, 4) is 0 Å². The molecule has 0 amide bonds. The van der Waals surface area contributed by atoms with Gasteiger partial charge < -0.3 is 5.32 Å². The summed E-state index contributed by atoms with van der Waals surface area (Å²) in [5, 5.41) is 6.52. The van der Waals surface area contributed by atoms with E-state index < -0.39 is 18.3 Å². The Kier molecular flexibility index (Phi) is 4.72. The van der Waals surface area contributed by atoms with E-state index in [1.54, 1.807) is 11.3 Å². The molecule has 0 bridgehead atoms. The number of aryl methyl sites for hydroxylation is 1. The third-order valence-electron chi connectivity index (χ3n) is 2.56. The van der Waals surface area contributed by atoms with Crippen molar-refractivity contribution in [1.29, 1.82) is 0 Å². The number of thiophene rings is 1. The molecule has 4 nitrogen and oxygen atoms in total. The summed E-state index contributed by atoms with van der Waals surface area (Å²) in [4.78, 5) is 14.0. The zero-order chi connectivity index (χ0) is 15.6. The molecule has 1 N–H and O–H groups in total. The summed E-state index contributed by atoms with van der Waals surface area (Å²) in [6, 6.07) is 3.91. The number of hydrogen-bond acceptors (Lipinski definition) is 4. The van der Waals surface area contributed by atoms with Crippen molar-refractivity contribution >= 4 is 33.0 Å². The van der Waals surface area contributed by atoms with Crippen LogP contribution in [0.4, 0.5) is 18.9 Å². The van der Waals surface area contributed by atoms with E-state index in [4.69, 9.17) is 0 Å². The monoisotopic (exact) mass is 381 g/mol. The van der Waals surface area contributed by atoms with E-state index in [2.05, 4.69) is 26.3 Å². The smallest absolute Gasteiger partial charge is 0.378 e. The highest BCUT2D eigenvalue weighted by Crippen LogP contribution is 2.21. The van der Waals surface area contributed by atoms with Crippen molar-refractivity contribution < 1.29 is 13.2 Å². The summed E-state index contributed by atoms with van der Waals surface area (Å²) in [5.41, 5.74) is -0.454. The van der Waals surface area contributed by atoms with Crippen molar-refractivity contribution in [2.45, 2.75) is 26.2 Å². The first-order valence-corrected chi connectivity index (χ1v) is 7.49. The van der Waals surface area contributed by atoms with Crippen LogP contribution in [0.15, 0.2) is 27.6 Å². The van der Waals surface area contributed by atoms with Crippen LogP contribution in [0.5, 0.6) is 0 Å². The van der Waals surface area contributed by atoms with Crippen LogP contribution in [0.1, 0.15) is 9.75 Å². The molecule has 9 heteroatoms. The number of anilines is 1. The molecule has 0 unspecified atom stereocenters. The highest BCUT2D eigenvalue weighted by Gasteiger charge is 2.29. The Morgan fingerprint density at radius 3 is 2.71 bits per heavy atom. The SMILES string of the molecule is Cc1ccc(CNc2cnn(CC(F)(F)F)c(=O)c2Br)s1. The number of rotatable bonds is 4. The second-order valence-corrected chi connectivity index (χ2v) is 6.48. The zero-order valence-corrected chi connectivity index (χ0v) is 13.3. The normalized spacial score (nSPS) is 11.7. The molecule has 0 atom stereocenters. The number of hydrogen-bond donors (Lipinski definition) is 1. The standard InChI is InChI=1S/C12H11BrF3N3OS/c1-7-2-3-8(21-7)4-17-9-5-18-19(6-12(14,15)16)11(20)10(9)13/h2-3,5,17H,4,6H2,1H3. The van der Waals surface area contributed by atoms with Gasteiger partial charge >= 0.3 is 6.18 Å². The third-order valence-corrected chi connectivity index (χ3v) is 4.33. The summed E-state index contributed by atoms with van der Waals surface area (Å²) in [5.74, 6) is 0. The lowest BCUT2D eigenvalue weighted by atomic mass is 10.4. The first kappa shape index (κ1) is 16.0. The Morgan fingerprint density at radius 2 is 2.14 bits per heavy atom. The predicted octanol–water partition coefficient (Wildman–Crippen LogP) is 3.55. The largest absolute Gasteiger partial charge is 0.408 e. The fourth-order valence-electron chi connectivity index (χ4n) is 1.63. The summed E-state index contributed by atoms with van der Waals surface area (Å²) >= 11 is 4.62. The van der Waals surface area contributed by atoms with Crippen molar-refractivity contribution in [3.05, 3.63) is 42.9 Å². The van der Waals surface area contributed by atoms with E-state index in [0.29, 0.717) is 16.9 Å². The van der Waals surface area contributed by atoms with Crippen LogP contribution in [0, 0.1) is 6.92 Å². The van der Waals surface area contributed by atoms with Gasteiger partial charge in [-0.25, -0.2) is 4.68 Å². The summed E-state index contributed by atoms with van der Waals surface area (Å²) < 4.78 is 37.3. The van der Waals surface area contributed by atoms with Crippen molar-refractivity contribution in [1.82, 2.24) is 9.78 Å². The second kappa shape index (κ2) is 6.18. The minimum absolute atomic E-state index is 0.0371. The maximum absolute atomic E-state index is 12.3. The van der Waals surface area contributed by atoms with Crippen LogP contribution in [0.2, 0.25) is 0 Å². The van der Waals surface area contributed by atoms with Gasteiger partial charge in [0, 0.05) is 16.3 Å². The molecule has 114 valence electrons. The lowest BCUT2D eigenvalue weighted by Gasteiger charge is -2.11. The Labute approximate surface area is 130 Å². The van der Waals surface area contributed by atoms with Gasteiger partial charge in [0.15, 0.2) is 0 Å². The van der Waals surface area contributed by atoms with E-state index >= 15 is 0 Å². The summed E-state index contributed by atoms with van der Waals surface area (Å²) in [7, 11) is 0. The van der Waals surface area contributed by atoms with E-state index in [9.17, 15) is 18.0 Å². The summed E-state index contributed by atoms with van der Waals surface area (Å²) in [6.07, 6.45) is -3.28. The first-order valence-electron chi connectivity index (χ1n) is 5.88. The molecule has 0 aliphatic heterocycles. The molecule has 0 aromatic carbocycles. The highest BCUT2D eigenvalue weighted by molar-refractivity contribution is 9.10. The molecule has 2 heterocycles. The zero-order valence-electron chi connectivity index (χ0n) is 10.9. The lowest BCUT2D eigenvalue weighted by Crippen LogP contribution is -2.31. The molecule has 2 aromatic heterocycles. The van der Waals surface area contributed by atoms with Crippen molar-refractivity contribution in [2.24, 2.45) is 0 Å². The maximum atomic E-state index is 12.3. The van der Waals surface area contributed by atoms with Crippen molar-refractivity contribution in [2.75, 3.05) is 5.32 Å². The van der Waals surface area contributed by atoms with E-state index in [1.165, 1.54) is 6.20 Å². The van der Waals surface area contributed by atoms with E-state index in [0.717, 1.165) is 9.75 Å². The number of halogens is 4. The molecule has 21 heavy (non-hydrogen) atoms. The molecule has 2 rings (SSSR count). The molecule has 0 saturated carbocycles. The molecule has 0 saturated heterocycles. The Morgan fingerprint density at radius 1 is 1.43 bits per heavy atom. The Balaban J connectivity index is 2.15. The van der Waals surface area contributed by atoms with Gasteiger partial charge in [0.25, 0.3) is 5.56 Å². The highest BCUT2D eigenvalue weighted by atomic mass is 79.9. The molecule has 0 aliphatic rings. The average Bonchev–Trinajstić information content (AvgIpc) is 2.79. The van der Waals surface area contributed by atoms with Gasteiger partial charge in [-0.15, -0.1) is 11.3 Å². The van der Waals surface area contributed by atoms with Gasteiger partial charge in [-0.2, -0.15) is 18.3 Å². The van der Waals surface area contributed by atoms with Gasteiger partial charge in [-0.1, -0.05) is 0 Å². The van der Waals surface area contributed by atoms with Gasteiger partial charge in [-0.05, 0) is 35.0 Å². The number of aromatic nitrogens is 2. The number of alkyl halides is 3.